The van der Waals surface area contributed by atoms with Gasteiger partial charge in [-0.05, 0) is 70.2 Å². The van der Waals surface area contributed by atoms with Gasteiger partial charge in [0.05, 0.1) is 7.05 Å². The fourth-order valence-electron chi connectivity index (χ4n) is 8.59. The summed E-state index contributed by atoms with van der Waals surface area (Å²) in [6.45, 7) is 0. The summed E-state index contributed by atoms with van der Waals surface area (Å²) in [6.07, 6.45) is 10.3. The minimum absolute atomic E-state index is 0.0513. The minimum Gasteiger partial charge on any atom is -0.240 e. The largest absolute Gasteiger partial charge is 0.244 e. The van der Waals surface area contributed by atoms with Gasteiger partial charge >= 0.3 is 0 Å². The third-order valence-electron chi connectivity index (χ3n) is 10.9. The molecule has 0 spiro atoms. The van der Waals surface area contributed by atoms with Gasteiger partial charge in [-0.2, -0.15) is 0 Å². The van der Waals surface area contributed by atoms with E-state index < -0.39 is 0 Å². The highest BCUT2D eigenvalue weighted by molar-refractivity contribution is 5.58. The fourth-order valence-corrected chi connectivity index (χ4v) is 8.59. The Morgan fingerprint density at radius 3 is 1.19 bits per heavy atom. The van der Waals surface area contributed by atoms with E-state index in [0.29, 0.717) is 0 Å². The van der Waals surface area contributed by atoms with E-state index in [9.17, 15) is 0 Å². The van der Waals surface area contributed by atoms with E-state index >= 15 is 0 Å². The summed E-state index contributed by atoms with van der Waals surface area (Å²) < 4.78 is 4.63. The van der Waals surface area contributed by atoms with Gasteiger partial charge < -0.3 is 0 Å². The Bertz CT molecular complexity index is 2170. The van der Waals surface area contributed by atoms with Crippen LogP contribution in [0.1, 0.15) is 45.3 Å². The Morgan fingerprint density at radius 2 is 0.811 bits per heavy atom. The predicted octanol–water partition coefficient (Wildman–Crippen LogP) is 10.9. The number of aromatic nitrogens is 2. The SMILES string of the molecule is C[n+]1ccn(C(c2ccccc2)C(c2ccccc2)C2C(Cc3ccccc3)=C(Cc3ccccc3)C(Cc3ccccc3)=C2Cc2ccccc2)c1. The fraction of sp³-hybridized carbons (Fsp3) is 0.157. The second-order valence-corrected chi connectivity index (χ2v) is 14.5. The van der Waals surface area contributed by atoms with Crippen LogP contribution in [0, 0.1) is 5.92 Å². The van der Waals surface area contributed by atoms with Crippen LogP contribution in [0.3, 0.4) is 0 Å². The molecular formula is C51H47N2+. The molecule has 0 bridgehead atoms. The highest BCUT2D eigenvalue weighted by Crippen LogP contribution is 2.53. The van der Waals surface area contributed by atoms with Gasteiger partial charge in [0.2, 0.25) is 6.33 Å². The normalized spacial score (nSPS) is 14.4. The lowest BCUT2D eigenvalue weighted by Crippen LogP contribution is -2.30. The molecule has 0 saturated heterocycles. The first-order valence-electron chi connectivity index (χ1n) is 18.9. The average molecular weight is 688 g/mol. The summed E-state index contributed by atoms with van der Waals surface area (Å²) in [5.74, 6) is 0.260. The number of hydrogen-bond donors (Lipinski definition) is 0. The predicted molar refractivity (Wildman–Crippen MR) is 217 cm³/mol. The molecule has 0 radical (unpaired) electrons. The van der Waals surface area contributed by atoms with Crippen LogP contribution in [0.25, 0.3) is 0 Å². The molecular weight excluding hydrogens is 641 g/mol. The molecule has 0 N–H and O–H groups in total. The van der Waals surface area contributed by atoms with Crippen molar-refractivity contribution in [2.45, 2.75) is 37.6 Å². The molecule has 1 aliphatic rings. The summed E-state index contributed by atoms with van der Waals surface area (Å²) in [7, 11) is 2.13. The lowest BCUT2D eigenvalue weighted by molar-refractivity contribution is -0.671. The molecule has 0 aliphatic heterocycles. The van der Waals surface area contributed by atoms with Crippen molar-refractivity contribution >= 4 is 0 Å². The maximum Gasteiger partial charge on any atom is 0.244 e. The van der Waals surface area contributed by atoms with Crippen LogP contribution in [0.15, 0.2) is 223 Å². The van der Waals surface area contributed by atoms with Gasteiger partial charge in [0.15, 0.2) is 0 Å². The highest BCUT2D eigenvalue weighted by Gasteiger charge is 2.44. The van der Waals surface area contributed by atoms with Crippen molar-refractivity contribution in [1.82, 2.24) is 4.57 Å². The molecule has 6 aromatic carbocycles. The van der Waals surface area contributed by atoms with E-state index in [-0.39, 0.29) is 17.9 Å². The Kier molecular flexibility index (Phi) is 10.4. The van der Waals surface area contributed by atoms with Crippen LogP contribution in [0.5, 0.6) is 0 Å². The molecule has 2 heteroatoms. The zero-order valence-corrected chi connectivity index (χ0v) is 30.5. The molecule has 0 amide bonds. The van der Waals surface area contributed by atoms with E-state index in [0.717, 1.165) is 25.7 Å². The van der Waals surface area contributed by atoms with Crippen molar-refractivity contribution < 1.29 is 4.57 Å². The summed E-state index contributed by atoms with van der Waals surface area (Å²) >= 11 is 0. The zero-order chi connectivity index (χ0) is 35.8. The number of benzene rings is 6. The van der Waals surface area contributed by atoms with Crippen molar-refractivity contribution in [2.75, 3.05) is 0 Å². The summed E-state index contributed by atoms with van der Waals surface area (Å²) in [5, 5.41) is 0. The smallest absolute Gasteiger partial charge is 0.240 e. The van der Waals surface area contributed by atoms with Gasteiger partial charge in [-0.1, -0.05) is 193 Å². The van der Waals surface area contributed by atoms with Crippen molar-refractivity contribution in [3.63, 3.8) is 0 Å². The molecule has 2 nitrogen and oxygen atoms in total. The number of allylic oxidation sites excluding steroid dienone is 4. The van der Waals surface area contributed by atoms with Gasteiger partial charge in [-0.3, -0.25) is 0 Å². The molecule has 260 valence electrons. The number of rotatable bonds is 13. The van der Waals surface area contributed by atoms with Crippen LogP contribution in [0.2, 0.25) is 0 Å². The molecule has 8 rings (SSSR count). The number of imidazole rings is 1. The molecule has 53 heavy (non-hydrogen) atoms. The highest BCUT2D eigenvalue weighted by atomic mass is 15.1. The quantitative estimate of drug-likeness (QED) is 0.107. The number of hydrogen-bond acceptors (Lipinski definition) is 0. The van der Waals surface area contributed by atoms with Gasteiger partial charge in [0.25, 0.3) is 0 Å². The van der Waals surface area contributed by atoms with Crippen LogP contribution in [-0.2, 0) is 32.7 Å². The Morgan fingerprint density at radius 1 is 0.453 bits per heavy atom. The average Bonchev–Trinajstić information content (AvgIpc) is 3.76. The summed E-state index contributed by atoms with van der Waals surface area (Å²) in [4.78, 5) is 0. The third-order valence-corrected chi connectivity index (χ3v) is 10.9. The van der Waals surface area contributed by atoms with E-state index in [1.165, 1.54) is 44.5 Å². The summed E-state index contributed by atoms with van der Waals surface area (Å²) in [6, 6.07) is 67.2. The lowest BCUT2D eigenvalue weighted by Gasteiger charge is -2.35. The Balaban J connectivity index is 1.44. The van der Waals surface area contributed by atoms with Crippen molar-refractivity contribution in [3.8, 4) is 0 Å². The van der Waals surface area contributed by atoms with Crippen LogP contribution < -0.4 is 4.57 Å². The Labute approximate surface area is 315 Å². The van der Waals surface area contributed by atoms with E-state index in [4.69, 9.17) is 0 Å². The molecule has 0 saturated carbocycles. The third kappa shape index (κ3) is 7.78. The first-order valence-corrected chi connectivity index (χ1v) is 18.9. The van der Waals surface area contributed by atoms with Crippen molar-refractivity contribution in [1.29, 1.82) is 0 Å². The first-order chi connectivity index (χ1) is 26.2. The van der Waals surface area contributed by atoms with Crippen LogP contribution >= 0.6 is 0 Å². The standard InChI is InChI=1S/C51H47N2/c1-52-32-33-53(38-52)51(44-30-18-7-19-31-44)49(43-28-16-6-17-29-43)50-47(36-41-24-12-4-13-25-41)45(34-39-20-8-2-9-21-39)46(35-40-22-10-3-11-23-40)48(50)37-42-26-14-5-15-27-42/h2-33,38,49-51H,34-37H2,1H3/q+1. The van der Waals surface area contributed by atoms with Crippen molar-refractivity contribution in [2.24, 2.45) is 13.0 Å². The second-order valence-electron chi connectivity index (χ2n) is 14.5. The number of nitrogens with zero attached hydrogens (tertiary/aromatic N) is 2. The minimum atomic E-state index is 0.0513. The van der Waals surface area contributed by atoms with Crippen molar-refractivity contribution in [3.05, 3.63) is 256 Å². The van der Waals surface area contributed by atoms with E-state index in [2.05, 4.69) is 217 Å². The summed E-state index contributed by atoms with van der Waals surface area (Å²) in [5.41, 5.74) is 14.2. The molecule has 1 aromatic heterocycles. The van der Waals surface area contributed by atoms with Crippen LogP contribution in [-0.4, -0.2) is 4.57 Å². The van der Waals surface area contributed by atoms with E-state index in [1.807, 2.05) is 0 Å². The molecule has 1 heterocycles. The first kappa shape index (κ1) is 34.1. The monoisotopic (exact) mass is 687 g/mol. The van der Waals surface area contributed by atoms with Gasteiger partial charge in [0.1, 0.15) is 18.4 Å². The molecule has 7 aromatic rings. The zero-order valence-electron chi connectivity index (χ0n) is 30.5. The molecule has 0 fully saturated rings. The molecule has 2 atom stereocenters. The van der Waals surface area contributed by atoms with Gasteiger partial charge in [-0.15, -0.1) is 0 Å². The lowest BCUT2D eigenvalue weighted by atomic mass is 9.70. The maximum atomic E-state index is 2.46. The molecule has 2 unspecified atom stereocenters. The van der Waals surface area contributed by atoms with Gasteiger partial charge in [-0.25, -0.2) is 9.13 Å². The van der Waals surface area contributed by atoms with Gasteiger partial charge in [0, 0.05) is 11.8 Å². The number of aryl methyl sites for hydroxylation is 1. The Hall–Kier alpha value is -5.99. The second kappa shape index (κ2) is 16.1. The van der Waals surface area contributed by atoms with Crippen LogP contribution in [0.4, 0.5) is 0 Å². The maximum absolute atomic E-state index is 2.46. The topological polar surface area (TPSA) is 8.81 Å². The van der Waals surface area contributed by atoms with E-state index in [1.54, 1.807) is 11.1 Å². The molecule has 1 aliphatic carbocycles.